The van der Waals surface area contributed by atoms with E-state index in [-0.39, 0.29) is 17.2 Å². The van der Waals surface area contributed by atoms with E-state index in [1.807, 2.05) is 33.8 Å². The molecule has 96 valence electrons. The largest absolute Gasteiger partial charge is 0.326 e. The smallest absolute Gasteiger partial charge is 0.179 e. The van der Waals surface area contributed by atoms with Gasteiger partial charge in [0.15, 0.2) is 9.84 Å². The first-order valence-electron chi connectivity index (χ1n) is 5.68. The molecule has 0 amide bonds. The van der Waals surface area contributed by atoms with Crippen molar-refractivity contribution in [1.82, 2.24) is 0 Å². The molecule has 3 nitrogen and oxygen atoms in total. The van der Waals surface area contributed by atoms with E-state index in [0.717, 1.165) is 5.56 Å². The highest BCUT2D eigenvalue weighted by atomic mass is 32.2. The van der Waals surface area contributed by atoms with E-state index in [2.05, 4.69) is 0 Å². The first-order valence-corrected chi connectivity index (χ1v) is 7.33. The summed E-state index contributed by atoms with van der Waals surface area (Å²) < 4.78 is 24.3. The molecule has 0 radical (unpaired) electrons. The summed E-state index contributed by atoms with van der Waals surface area (Å²) in [4.78, 5) is 0.359. The zero-order valence-electron chi connectivity index (χ0n) is 10.9. The fourth-order valence-corrected chi connectivity index (χ4v) is 3.21. The molecule has 1 atom stereocenters. The van der Waals surface area contributed by atoms with Crippen LogP contribution in [0.1, 0.15) is 26.3 Å². The van der Waals surface area contributed by atoms with Crippen molar-refractivity contribution in [3.8, 4) is 0 Å². The van der Waals surface area contributed by atoms with Crippen LogP contribution >= 0.6 is 0 Å². The summed E-state index contributed by atoms with van der Waals surface area (Å²) in [5.41, 5.74) is 6.66. The van der Waals surface area contributed by atoms with Crippen molar-refractivity contribution >= 4 is 9.84 Å². The Kier molecular flexibility index (Phi) is 3.99. The number of sulfone groups is 1. The Morgan fingerprint density at radius 3 is 2.35 bits per heavy atom. The van der Waals surface area contributed by atoms with Crippen molar-refractivity contribution in [3.63, 3.8) is 0 Å². The molecule has 0 aliphatic heterocycles. The molecule has 0 bridgehead atoms. The maximum absolute atomic E-state index is 12.2. The fraction of sp³-hybridized carbons (Fsp3) is 0.538. The van der Waals surface area contributed by atoms with Crippen LogP contribution in [0, 0.1) is 12.3 Å². The van der Waals surface area contributed by atoms with Gasteiger partial charge in [0.2, 0.25) is 0 Å². The monoisotopic (exact) mass is 255 g/mol. The molecule has 1 aromatic carbocycles. The van der Waals surface area contributed by atoms with Crippen molar-refractivity contribution in [2.45, 2.75) is 38.6 Å². The second-order valence-electron chi connectivity index (χ2n) is 5.57. The van der Waals surface area contributed by atoms with Gasteiger partial charge in [0.1, 0.15) is 0 Å². The number of rotatable bonds is 3. The number of aryl methyl sites for hydroxylation is 1. The van der Waals surface area contributed by atoms with Crippen LogP contribution in [-0.2, 0) is 9.84 Å². The molecule has 0 saturated carbocycles. The summed E-state index contributed by atoms with van der Waals surface area (Å²) in [5, 5.41) is 0. The predicted molar refractivity (Wildman–Crippen MR) is 70.7 cm³/mol. The van der Waals surface area contributed by atoms with Gasteiger partial charge in [-0.25, -0.2) is 8.42 Å². The van der Waals surface area contributed by atoms with Crippen LogP contribution in [-0.4, -0.2) is 20.2 Å². The minimum Gasteiger partial charge on any atom is -0.326 e. The van der Waals surface area contributed by atoms with Crippen LogP contribution in [0.3, 0.4) is 0 Å². The maximum Gasteiger partial charge on any atom is 0.179 e. The highest BCUT2D eigenvalue weighted by Gasteiger charge is 2.27. The van der Waals surface area contributed by atoms with Gasteiger partial charge in [0.25, 0.3) is 0 Å². The summed E-state index contributed by atoms with van der Waals surface area (Å²) in [7, 11) is -3.29. The summed E-state index contributed by atoms with van der Waals surface area (Å²) in [6, 6.07) is 6.57. The lowest BCUT2D eigenvalue weighted by atomic mass is 9.89. The third-order valence-corrected chi connectivity index (χ3v) is 4.63. The van der Waals surface area contributed by atoms with Gasteiger partial charge in [0, 0.05) is 6.04 Å². The molecule has 0 spiro atoms. The van der Waals surface area contributed by atoms with E-state index in [9.17, 15) is 8.42 Å². The molecule has 2 N–H and O–H groups in total. The van der Waals surface area contributed by atoms with Crippen LogP contribution in [0.25, 0.3) is 0 Å². The Hall–Kier alpha value is -0.870. The highest BCUT2D eigenvalue weighted by molar-refractivity contribution is 7.91. The first kappa shape index (κ1) is 14.2. The Labute approximate surface area is 104 Å². The van der Waals surface area contributed by atoms with Crippen LogP contribution in [0.2, 0.25) is 0 Å². The average Bonchev–Trinajstić information content (AvgIpc) is 2.15. The quantitative estimate of drug-likeness (QED) is 0.900. The summed E-state index contributed by atoms with van der Waals surface area (Å²) in [5.74, 6) is -0.0139. The Morgan fingerprint density at radius 1 is 1.29 bits per heavy atom. The van der Waals surface area contributed by atoms with Gasteiger partial charge in [-0.1, -0.05) is 32.9 Å². The molecule has 0 heterocycles. The molecular weight excluding hydrogens is 234 g/mol. The van der Waals surface area contributed by atoms with Crippen LogP contribution in [0.4, 0.5) is 0 Å². The zero-order chi connectivity index (χ0) is 13.3. The molecule has 1 aromatic rings. The highest BCUT2D eigenvalue weighted by Crippen LogP contribution is 2.21. The molecule has 0 aliphatic carbocycles. The van der Waals surface area contributed by atoms with E-state index < -0.39 is 9.84 Å². The predicted octanol–water partition coefficient (Wildman–Crippen LogP) is 2.14. The Bertz CT molecular complexity index is 486. The maximum atomic E-state index is 12.2. The Morgan fingerprint density at radius 2 is 1.88 bits per heavy atom. The minimum absolute atomic E-state index is 0.0139. The van der Waals surface area contributed by atoms with Gasteiger partial charge in [0.05, 0.1) is 10.6 Å². The lowest BCUT2D eigenvalue weighted by molar-refractivity contribution is 0.340. The van der Waals surface area contributed by atoms with E-state index in [1.54, 1.807) is 18.2 Å². The van der Waals surface area contributed by atoms with Crippen molar-refractivity contribution in [1.29, 1.82) is 0 Å². The van der Waals surface area contributed by atoms with Crippen molar-refractivity contribution in [2.75, 3.05) is 5.75 Å². The molecule has 4 heteroatoms. The molecule has 0 aliphatic rings. The normalized spacial score (nSPS) is 14.6. The fourth-order valence-electron chi connectivity index (χ4n) is 1.39. The topological polar surface area (TPSA) is 60.2 Å². The number of benzene rings is 1. The van der Waals surface area contributed by atoms with Gasteiger partial charge in [-0.2, -0.15) is 0 Å². The van der Waals surface area contributed by atoms with Crippen LogP contribution in [0.5, 0.6) is 0 Å². The molecule has 1 unspecified atom stereocenters. The second-order valence-corrected chi connectivity index (χ2v) is 7.60. The van der Waals surface area contributed by atoms with E-state index >= 15 is 0 Å². The first-order chi connectivity index (χ1) is 7.63. The van der Waals surface area contributed by atoms with Gasteiger partial charge in [-0.15, -0.1) is 0 Å². The summed E-state index contributed by atoms with van der Waals surface area (Å²) in [6.45, 7) is 7.72. The Balaban J connectivity index is 2.98. The standard InChI is InChI=1S/C13H21NO2S/c1-10-6-5-7-11(8-10)17(15,16)9-12(14)13(2,3)4/h5-8,12H,9,14H2,1-4H3. The SMILES string of the molecule is Cc1cccc(S(=O)(=O)CC(N)C(C)(C)C)c1. The summed E-state index contributed by atoms with van der Waals surface area (Å²) in [6.07, 6.45) is 0. The van der Waals surface area contributed by atoms with Gasteiger partial charge >= 0.3 is 0 Å². The third kappa shape index (κ3) is 3.82. The van der Waals surface area contributed by atoms with Gasteiger partial charge in [-0.3, -0.25) is 0 Å². The van der Waals surface area contributed by atoms with E-state index in [1.165, 1.54) is 0 Å². The lowest BCUT2D eigenvalue weighted by Gasteiger charge is -2.26. The number of hydrogen-bond donors (Lipinski definition) is 1. The molecule has 17 heavy (non-hydrogen) atoms. The third-order valence-electron chi connectivity index (χ3n) is 2.86. The van der Waals surface area contributed by atoms with Crippen LogP contribution in [0.15, 0.2) is 29.2 Å². The van der Waals surface area contributed by atoms with Crippen molar-refractivity contribution in [2.24, 2.45) is 11.1 Å². The minimum atomic E-state index is -3.29. The molecular formula is C13H21NO2S. The number of nitrogens with two attached hydrogens (primary N) is 1. The number of hydrogen-bond acceptors (Lipinski definition) is 3. The zero-order valence-corrected chi connectivity index (χ0v) is 11.7. The molecule has 0 saturated heterocycles. The van der Waals surface area contributed by atoms with Crippen LogP contribution < -0.4 is 5.73 Å². The van der Waals surface area contributed by atoms with Crippen molar-refractivity contribution in [3.05, 3.63) is 29.8 Å². The second kappa shape index (κ2) is 4.78. The summed E-state index contributed by atoms with van der Waals surface area (Å²) >= 11 is 0. The van der Waals surface area contributed by atoms with Crippen molar-refractivity contribution < 1.29 is 8.42 Å². The molecule has 0 aromatic heterocycles. The average molecular weight is 255 g/mol. The molecule has 0 fully saturated rings. The van der Waals surface area contributed by atoms with E-state index in [0.29, 0.717) is 4.90 Å². The lowest BCUT2D eigenvalue weighted by Crippen LogP contribution is -2.41. The molecule has 1 rings (SSSR count). The van der Waals surface area contributed by atoms with E-state index in [4.69, 9.17) is 5.73 Å². The van der Waals surface area contributed by atoms with Gasteiger partial charge < -0.3 is 5.73 Å². The van der Waals surface area contributed by atoms with Gasteiger partial charge in [-0.05, 0) is 30.0 Å².